The molecule has 4 heteroatoms. The zero-order valence-corrected chi connectivity index (χ0v) is 18.3. The molecule has 0 bridgehead atoms. The fourth-order valence-corrected chi connectivity index (χ4v) is 2.85. The molecule has 0 amide bonds. The van der Waals surface area contributed by atoms with Crippen molar-refractivity contribution in [2.24, 2.45) is 5.41 Å². The predicted octanol–water partition coefficient (Wildman–Crippen LogP) is 5.72. The maximum absolute atomic E-state index is 11.8. The van der Waals surface area contributed by atoms with Crippen LogP contribution in [-0.2, 0) is 9.53 Å². The standard InChI is InChI=1S/C24H44O4/c1-3-5-6-7-8-9-10-11-12-13-14-15-16-17-18-19-23(27)28-22-24(4-2,20-25)21-26/h8-9,11-12,25-26H,3-7,10,13-22H2,1-2H3/b9-8-,12-11-. The van der Waals surface area contributed by atoms with Gasteiger partial charge >= 0.3 is 5.97 Å². The number of rotatable bonds is 19. The maximum atomic E-state index is 11.8. The molecular weight excluding hydrogens is 352 g/mol. The van der Waals surface area contributed by atoms with E-state index in [0.717, 1.165) is 32.1 Å². The summed E-state index contributed by atoms with van der Waals surface area (Å²) in [6.07, 6.45) is 22.8. The highest BCUT2D eigenvalue weighted by molar-refractivity contribution is 5.69. The zero-order valence-electron chi connectivity index (χ0n) is 18.3. The molecule has 0 aromatic rings. The fourth-order valence-electron chi connectivity index (χ4n) is 2.85. The molecule has 4 nitrogen and oxygen atoms in total. The summed E-state index contributed by atoms with van der Waals surface area (Å²) >= 11 is 0. The first-order chi connectivity index (χ1) is 13.6. The SMILES string of the molecule is CCCCC/C=C\C/C=C\CCCCCCCC(=O)OCC(CC)(CO)CO. The number of aliphatic hydroxyl groups is 2. The van der Waals surface area contributed by atoms with Crippen LogP contribution in [-0.4, -0.2) is 36.0 Å². The maximum Gasteiger partial charge on any atom is 0.305 e. The van der Waals surface area contributed by atoms with Gasteiger partial charge in [-0.15, -0.1) is 0 Å². The number of aliphatic hydroxyl groups excluding tert-OH is 2. The lowest BCUT2D eigenvalue weighted by molar-refractivity contribution is -0.149. The van der Waals surface area contributed by atoms with Crippen LogP contribution in [0.3, 0.4) is 0 Å². The average Bonchev–Trinajstić information content (AvgIpc) is 2.72. The van der Waals surface area contributed by atoms with Crippen LogP contribution in [0.2, 0.25) is 0 Å². The Labute approximate surface area is 173 Å². The Morgan fingerprint density at radius 3 is 1.96 bits per heavy atom. The molecule has 164 valence electrons. The van der Waals surface area contributed by atoms with Gasteiger partial charge in [-0.2, -0.15) is 0 Å². The van der Waals surface area contributed by atoms with Crippen molar-refractivity contribution >= 4 is 5.97 Å². The number of carbonyl (C=O) groups excluding carboxylic acids is 1. The van der Waals surface area contributed by atoms with Crippen molar-refractivity contribution in [1.29, 1.82) is 0 Å². The topological polar surface area (TPSA) is 66.8 Å². The van der Waals surface area contributed by atoms with Crippen LogP contribution in [0.4, 0.5) is 0 Å². The van der Waals surface area contributed by atoms with Crippen LogP contribution >= 0.6 is 0 Å². The molecule has 0 aromatic carbocycles. The molecule has 0 fully saturated rings. The van der Waals surface area contributed by atoms with Crippen LogP contribution in [0.5, 0.6) is 0 Å². The summed E-state index contributed by atoms with van der Waals surface area (Å²) in [5.74, 6) is -0.231. The number of unbranched alkanes of at least 4 members (excludes halogenated alkanes) is 8. The number of ether oxygens (including phenoxy) is 1. The van der Waals surface area contributed by atoms with E-state index in [1.54, 1.807) is 0 Å². The average molecular weight is 397 g/mol. The molecule has 0 radical (unpaired) electrons. The third-order valence-corrected chi connectivity index (χ3v) is 5.29. The largest absolute Gasteiger partial charge is 0.465 e. The molecule has 0 rings (SSSR count). The summed E-state index contributed by atoms with van der Waals surface area (Å²) in [5, 5.41) is 18.7. The third kappa shape index (κ3) is 14.9. The van der Waals surface area contributed by atoms with E-state index in [2.05, 4.69) is 31.2 Å². The van der Waals surface area contributed by atoms with Crippen molar-refractivity contribution in [1.82, 2.24) is 0 Å². The van der Waals surface area contributed by atoms with Crippen molar-refractivity contribution in [2.45, 2.75) is 97.3 Å². The summed E-state index contributed by atoms with van der Waals surface area (Å²) < 4.78 is 5.23. The number of hydrogen-bond donors (Lipinski definition) is 2. The van der Waals surface area contributed by atoms with Gasteiger partial charge in [-0.25, -0.2) is 0 Å². The summed E-state index contributed by atoms with van der Waals surface area (Å²) in [6.45, 7) is 3.86. The number of esters is 1. The van der Waals surface area contributed by atoms with Gasteiger partial charge in [0.15, 0.2) is 0 Å². The second-order valence-corrected chi connectivity index (χ2v) is 7.81. The quantitative estimate of drug-likeness (QED) is 0.166. The lowest BCUT2D eigenvalue weighted by Gasteiger charge is -2.27. The van der Waals surface area contributed by atoms with E-state index >= 15 is 0 Å². The van der Waals surface area contributed by atoms with E-state index in [-0.39, 0.29) is 25.8 Å². The minimum atomic E-state index is -0.700. The van der Waals surface area contributed by atoms with Crippen LogP contribution in [0, 0.1) is 5.41 Å². The van der Waals surface area contributed by atoms with Gasteiger partial charge < -0.3 is 14.9 Å². The zero-order chi connectivity index (χ0) is 20.9. The molecule has 0 aliphatic carbocycles. The van der Waals surface area contributed by atoms with Gasteiger partial charge in [-0.05, 0) is 44.9 Å². The van der Waals surface area contributed by atoms with Gasteiger partial charge in [-0.1, -0.05) is 70.3 Å². The molecule has 0 saturated heterocycles. The van der Waals surface area contributed by atoms with Gasteiger partial charge in [0.05, 0.1) is 18.6 Å². The number of allylic oxidation sites excluding steroid dienone is 4. The number of carbonyl (C=O) groups is 1. The minimum Gasteiger partial charge on any atom is -0.465 e. The second-order valence-electron chi connectivity index (χ2n) is 7.81. The van der Waals surface area contributed by atoms with Gasteiger partial charge in [0.1, 0.15) is 6.61 Å². The van der Waals surface area contributed by atoms with Gasteiger partial charge in [0.25, 0.3) is 0 Å². The predicted molar refractivity (Wildman–Crippen MR) is 117 cm³/mol. The van der Waals surface area contributed by atoms with Crippen molar-refractivity contribution in [3.8, 4) is 0 Å². The van der Waals surface area contributed by atoms with Crippen molar-refractivity contribution in [2.75, 3.05) is 19.8 Å². The first-order valence-electron chi connectivity index (χ1n) is 11.3. The lowest BCUT2D eigenvalue weighted by Crippen LogP contribution is -2.35. The molecule has 28 heavy (non-hydrogen) atoms. The van der Waals surface area contributed by atoms with E-state index < -0.39 is 5.41 Å². The molecule has 0 atom stereocenters. The molecule has 0 heterocycles. The molecular formula is C24H44O4. The van der Waals surface area contributed by atoms with Gasteiger partial charge in [0.2, 0.25) is 0 Å². The Morgan fingerprint density at radius 2 is 1.39 bits per heavy atom. The highest BCUT2D eigenvalue weighted by Crippen LogP contribution is 2.21. The summed E-state index contributed by atoms with van der Waals surface area (Å²) in [7, 11) is 0. The Kier molecular flexibility index (Phi) is 18.4. The third-order valence-electron chi connectivity index (χ3n) is 5.29. The minimum absolute atomic E-state index is 0.0929. The first-order valence-corrected chi connectivity index (χ1v) is 11.3. The van der Waals surface area contributed by atoms with E-state index in [0.29, 0.717) is 12.8 Å². The molecule has 0 aromatic heterocycles. The monoisotopic (exact) mass is 396 g/mol. The molecule has 0 unspecified atom stereocenters. The van der Waals surface area contributed by atoms with E-state index in [4.69, 9.17) is 4.74 Å². The summed E-state index contributed by atoms with van der Waals surface area (Å²) in [5.41, 5.74) is -0.700. The Balaban J connectivity index is 3.52. The van der Waals surface area contributed by atoms with Gasteiger partial charge in [-0.3, -0.25) is 4.79 Å². The van der Waals surface area contributed by atoms with Gasteiger partial charge in [0, 0.05) is 6.42 Å². The van der Waals surface area contributed by atoms with Crippen LogP contribution in [0.1, 0.15) is 97.3 Å². The lowest BCUT2D eigenvalue weighted by atomic mass is 9.88. The Bertz CT molecular complexity index is 403. The molecule has 0 aliphatic rings. The van der Waals surface area contributed by atoms with Crippen LogP contribution in [0.25, 0.3) is 0 Å². The summed E-state index contributed by atoms with van der Waals surface area (Å²) in [6, 6.07) is 0. The van der Waals surface area contributed by atoms with E-state index in [9.17, 15) is 15.0 Å². The Hall–Kier alpha value is -1.13. The molecule has 0 spiro atoms. The first kappa shape index (κ1) is 26.9. The van der Waals surface area contributed by atoms with Crippen molar-refractivity contribution in [3.05, 3.63) is 24.3 Å². The van der Waals surface area contributed by atoms with Crippen LogP contribution < -0.4 is 0 Å². The Morgan fingerprint density at radius 1 is 0.821 bits per heavy atom. The molecule has 0 saturated carbocycles. The molecule has 0 aliphatic heterocycles. The normalized spacial score (nSPS) is 12.3. The number of hydrogen-bond acceptors (Lipinski definition) is 4. The summed E-state index contributed by atoms with van der Waals surface area (Å²) in [4.78, 5) is 11.8. The smallest absolute Gasteiger partial charge is 0.305 e. The fraction of sp³-hybridized carbons (Fsp3) is 0.792. The van der Waals surface area contributed by atoms with Crippen molar-refractivity contribution < 1.29 is 19.7 Å². The highest BCUT2D eigenvalue weighted by Gasteiger charge is 2.28. The van der Waals surface area contributed by atoms with Crippen LogP contribution in [0.15, 0.2) is 24.3 Å². The van der Waals surface area contributed by atoms with E-state index in [1.807, 2.05) is 6.92 Å². The molecule has 2 N–H and O–H groups in total. The van der Waals surface area contributed by atoms with Crippen molar-refractivity contribution in [3.63, 3.8) is 0 Å². The van der Waals surface area contributed by atoms with E-state index in [1.165, 1.54) is 38.5 Å². The highest BCUT2D eigenvalue weighted by atomic mass is 16.5. The second kappa shape index (κ2) is 19.2.